The molecule has 1 aliphatic carbocycles. The van der Waals surface area contributed by atoms with E-state index >= 15 is 0 Å². The molecule has 3 aromatic rings. The third kappa shape index (κ3) is 3.81. The number of fused-ring (bicyclic) bond motifs is 1. The summed E-state index contributed by atoms with van der Waals surface area (Å²) in [7, 11) is 0. The van der Waals surface area contributed by atoms with Crippen molar-refractivity contribution in [1.82, 2.24) is 14.4 Å². The summed E-state index contributed by atoms with van der Waals surface area (Å²) in [5.41, 5.74) is 0.248. The minimum Gasteiger partial charge on any atom is -0.386 e. The van der Waals surface area contributed by atoms with Gasteiger partial charge in [-0.2, -0.15) is 0 Å². The molecule has 0 aromatic carbocycles. The lowest BCUT2D eigenvalue weighted by Crippen LogP contribution is -2.34. The van der Waals surface area contributed by atoms with Crippen molar-refractivity contribution in [2.24, 2.45) is 0 Å². The van der Waals surface area contributed by atoms with Crippen molar-refractivity contribution in [3.8, 4) is 11.4 Å². The normalized spacial score (nSPS) is 20.2. The molecule has 154 valence electrons. The van der Waals surface area contributed by atoms with E-state index in [-0.39, 0.29) is 11.5 Å². The van der Waals surface area contributed by atoms with Gasteiger partial charge in [0.1, 0.15) is 17.5 Å². The molecule has 29 heavy (non-hydrogen) atoms. The van der Waals surface area contributed by atoms with Crippen molar-refractivity contribution < 1.29 is 18.3 Å². The van der Waals surface area contributed by atoms with Crippen molar-refractivity contribution in [3.05, 3.63) is 47.8 Å². The minimum absolute atomic E-state index is 0.0967. The summed E-state index contributed by atoms with van der Waals surface area (Å²) in [5, 5.41) is 13.1. The molecule has 3 aromatic heterocycles. The highest BCUT2D eigenvalue weighted by molar-refractivity contribution is 5.63. The lowest BCUT2D eigenvalue weighted by molar-refractivity contribution is 0.0781. The molecule has 0 unspecified atom stereocenters. The van der Waals surface area contributed by atoms with Gasteiger partial charge in [0.05, 0.1) is 23.5 Å². The second kappa shape index (κ2) is 7.33. The Hall–Kier alpha value is -2.61. The predicted octanol–water partition coefficient (Wildman–Crippen LogP) is 4.59. The highest BCUT2D eigenvalue weighted by Gasteiger charge is 2.27. The fourth-order valence-corrected chi connectivity index (χ4v) is 3.69. The Morgan fingerprint density at radius 2 is 1.93 bits per heavy atom. The molecule has 5 nitrogen and oxygen atoms in total. The summed E-state index contributed by atoms with van der Waals surface area (Å²) < 4.78 is 44.7. The van der Waals surface area contributed by atoms with E-state index in [2.05, 4.69) is 15.3 Å². The summed E-state index contributed by atoms with van der Waals surface area (Å²) in [4.78, 5) is 8.37. The SMILES string of the molecule is CC(C)(O)c1ccc2ncc(-c3nc(N[C@H]4CCCC[C@@H]4F)c(F)cc3F)n2c1. The summed E-state index contributed by atoms with van der Waals surface area (Å²) in [5.74, 6) is -1.89. The number of aromatic nitrogens is 3. The van der Waals surface area contributed by atoms with Crippen LogP contribution in [0.5, 0.6) is 0 Å². The molecule has 0 aliphatic heterocycles. The van der Waals surface area contributed by atoms with Gasteiger partial charge in [0.25, 0.3) is 0 Å². The van der Waals surface area contributed by atoms with E-state index in [1.165, 1.54) is 6.20 Å². The molecule has 4 rings (SSSR count). The van der Waals surface area contributed by atoms with E-state index in [0.29, 0.717) is 29.7 Å². The Bertz CT molecular complexity index is 1040. The van der Waals surface area contributed by atoms with Crippen molar-refractivity contribution in [2.45, 2.75) is 57.3 Å². The number of aliphatic hydroxyl groups is 1. The van der Waals surface area contributed by atoms with E-state index in [9.17, 15) is 18.3 Å². The van der Waals surface area contributed by atoms with Crippen LogP contribution >= 0.6 is 0 Å². The number of rotatable bonds is 4. The Balaban J connectivity index is 1.77. The molecule has 8 heteroatoms. The molecule has 1 saturated carbocycles. The Morgan fingerprint density at radius 1 is 1.17 bits per heavy atom. The van der Waals surface area contributed by atoms with E-state index in [1.807, 2.05) is 0 Å². The van der Waals surface area contributed by atoms with Gasteiger partial charge in [0, 0.05) is 12.3 Å². The van der Waals surface area contributed by atoms with E-state index in [4.69, 9.17) is 0 Å². The van der Waals surface area contributed by atoms with Gasteiger partial charge in [-0.25, -0.2) is 23.1 Å². The standard InChI is InChI=1S/C21H23F3N4O/c1-21(2,29)12-7-8-18-25-10-17(28(18)11-12)19-14(23)9-15(24)20(27-19)26-16-6-4-3-5-13(16)22/h7-11,13,16,29H,3-6H2,1-2H3,(H,26,27)/t13-,16-/m0/s1. The number of nitrogens with zero attached hydrogens (tertiary/aromatic N) is 3. The zero-order valence-electron chi connectivity index (χ0n) is 16.3. The first-order valence-corrected chi connectivity index (χ1v) is 9.71. The topological polar surface area (TPSA) is 62.5 Å². The van der Waals surface area contributed by atoms with Gasteiger partial charge < -0.3 is 10.4 Å². The fourth-order valence-electron chi connectivity index (χ4n) is 3.69. The van der Waals surface area contributed by atoms with Crippen LogP contribution in [0, 0.1) is 11.6 Å². The molecule has 2 N–H and O–H groups in total. The molecule has 0 spiro atoms. The summed E-state index contributed by atoms with van der Waals surface area (Å²) in [6.45, 7) is 3.28. The second-order valence-electron chi connectivity index (χ2n) is 8.05. The minimum atomic E-state index is -1.10. The van der Waals surface area contributed by atoms with Gasteiger partial charge >= 0.3 is 0 Å². The number of hydrogen-bond donors (Lipinski definition) is 2. The van der Waals surface area contributed by atoms with E-state index in [1.54, 1.807) is 36.6 Å². The summed E-state index contributed by atoms with van der Waals surface area (Å²) >= 11 is 0. The van der Waals surface area contributed by atoms with Gasteiger partial charge in [-0.05, 0) is 38.3 Å². The highest BCUT2D eigenvalue weighted by Crippen LogP contribution is 2.30. The van der Waals surface area contributed by atoms with Crippen LogP contribution in [0.1, 0.15) is 45.1 Å². The van der Waals surface area contributed by atoms with Crippen LogP contribution in [0.4, 0.5) is 19.0 Å². The van der Waals surface area contributed by atoms with E-state index < -0.39 is 29.4 Å². The number of alkyl halides is 1. The van der Waals surface area contributed by atoms with Crippen molar-refractivity contribution >= 4 is 11.5 Å². The maximum absolute atomic E-state index is 14.6. The largest absolute Gasteiger partial charge is 0.386 e. The first-order chi connectivity index (χ1) is 13.7. The maximum Gasteiger partial charge on any atom is 0.168 e. The first-order valence-electron chi connectivity index (χ1n) is 9.71. The third-order valence-corrected chi connectivity index (χ3v) is 5.39. The second-order valence-corrected chi connectivity index (χ2v) is 8.05. The van der Waals surface area contributed by atoms with Crippen LogP contribution < -0.4 is 5.32 Å². The zero-order chi connectivity index (χ0) is 20.8. The van der Waals surface area contributed by atoms with Crippen LogP contribution in [-0.2, 0) is 5.60 Å². The van der Waals surface area contributed by atoms with Crippen LogP contribution in [0.2, 0.25) is 0 Å². The van der Waals surface area contributed by atoms with Crippen LogP contribution in [0.25, 0.3) is 17.0 Å². The zero-order valence-corrected chi connectivity index (χ0v) is 16.3. The molecule has 0 bridgehead atoms. The van der Waals surface area contributed by atoms with Crippen molar-refractivity contribution in [2.75, 3.05) is 5.32 Å². The monoisotopic (exact) mass is 404 g/mol. The van der Waals surface area contributed by atoms with Crippen LogP contribution in [0.15, 0.2) is 30.6 Å². The number of anilines is 1. The van der Waals surface area contributed by atoms with Gasteiger partial charge in [-0.3, -0.25) is 4.40 Å². The lowest BCUT2D eigenvalue weighted by atomic mass is 9.93. The van der Waals surface area contributed by atoms with Gasteiger partial charge in [0.2, 0.25) is 0 Å². The summed E-state index contributed by atoms with van der Waals surface area (Å²) in [6, 6.07) is 3.64. The van der Waals surface area contributed by atoms with Crippen LogP contribution in [0.3, 0.4) is 0 Å². The molecular formula is C21H23F3N4O. The van der Waals surface area contributed by atoms with Gasteiger partial charge in [-0.15, -0.1) is 0 Å². The molecule has 1 aliphatic rings. The molecule has 3 heterocycles. The number of halogens is 3. The molecule has 1 fully saturated rings. The molecule has 0 radical (unpaired) electrons. The number of imidazole rings is 1. The smallest absolute Gasteiger partial charge is 0.168 e. The van der Waals surface area contributed by atoms with E-state index in [0.717, 1.165) is 18.9 Å². The average molecular weight is 404 g/mol. The Labute approximate surface area is 166 Å². The van der Waals surface area contributed by atoms with Gasteiger partial charge in [-0.1, -0.05) is 18.9 Å². The quantitative estimate of drug-likeness (QED) is 0.668. The number of pyridine rings is 2. The number of nitrogens with one attached hydrogen (secondary N) is 1. The lowest BCUT2D eigenvalue weighted by Gasteiger charge is -2.27. The molecule has 0 amide bonds. The Morgan fingerprint density at radius 3 is 2.66 bits per heavy atom. The number of hydrogen-bond acceptors (Lipinski definition) is 4. The summed E-state index contributed by atoms with van der Waals surface area (Å²) in [6.07, 6.45) is 4.63. The van der Waals surface area contributed by atoms with Crippen molar-refractivity contribution in [3.63, 3.8) is 0 Å². The van der Waals surface area contributed by atoms with Gasteiger partial charge in [0.15, 0.2) is 17.5 Å². The first kappa shape index (κ1) is 19.7. The third-order valence-electron chi connectivity index (χ3n) is 5.39. The average Bonchev–Trinajstić information content (AvgIpc) is 3.08. The molecule has 2 atom stereocenters. The highest BCUT2D eigenvalue weighted by atomic mass is 19.1. The maximum atomic E-state index is 14.6. The van der Waals surface area contributed by atoms with Crippen molar-refractivity contribution in [1.29, 1.82) is 0 Å². The Kier molecular flexibility index (Phi) is 4.98. The van der Waals surface area contributed by atoms with Crippen LogP contribution in [-0.4, -0.2) is 31.7 Å². The fraction of sp³-hybridized carbons (Fsp3) is 0.429. The molecular weight excluding hydrogens is 381 g/mol. The molecule has 0 saturated heterocycles. The predicted molar refractivity (Wildman–Crippen MR) is 104 cm³/mol.